The van der Waals surface area contributed by atoms with Crippen molar-refractivity contribution >= 4 is 11.8 Å². The second kappa shape index (κ2) is 8.61. The molecule has 1 fully saturated rings. The molecule has 0 spiro atoms. The van der Waals surface area contributed by atoms with Gasteiger partial charge < -0.3 is 9.84 Å². The fraction of sp³-hybridized carbons (Fsp3) is 0.619. The topological polar surface area (TPSA) is 63.6 Å². The average Bonchev–Trinajstić information content (AvgIpc) is 2.92. The number of aliphatic hydroxyl groups excluding tert-OH is 1. The van der Waals surface area contributed by atoms with Gasteiger partial charge in [-0.1, -0.05) is 31.6 Å². The Kier molecular flexibility index (Phi) is 7.36. The van der Waals surface area contributed by atoms with Crippen LogP contribution in [0.1, 0.15) is 54.4 Å². The maximum atomic E-state index is 12.5. The monoisotopic (exact) mass is 348 g/mol. The lowest BCUT2D eigenvalue weighted by Gasteiger charge is -2.13. The summed E-state index contributed by atoms with van der Waals surface area (Å²) in [4.78, 5) is 24.5. The zero-order chi connectivity index (χ0) is 19.4. The SMILES string of the molecule is C=CCC1=C(C)C(OC(=O)C2C(C=C(C)C)C2(C)C)CC1=O.CCO. The summed E-state index contributed by atoms with van der Waals surface area (Å²) >= 11 is 0. The van der Waals surface area contributed by atoms with Crippen molar-refractivity contribution < 1.29 is 19.4 Å². The Bertz CT molecular complexity index is 591. The van der Waals surface area contributed by atoms with Crippen molar-refractivity contribution in [2.45, 2.75) is 60.5 Å². The molecule has 0 bridgehead atoms. The minimum atomic E-state index is -0.390. The van der Waals surface area contributed by atoms with E-state index in [2.05, 4.69) is 26.5 Å². The standard InChI is InChI=1S/C19H26O3.C2H6O/c1-7-8-13-12(4)16(10-15(13)20)22-18(21)17-14(9-11(2)3)19(17,5)6;1-2-3/h7,9,14,16-17H,1,8,10H2,2-6H3;3H,2H2,1H3. The molecule has 1 saturated carbocycles. The number of hydrogen-bond donors (Lipinski definition) is 1. The lowest BCUT2D eigenvalue weighted by atomic mass is 10.1. The number of aliphatic hydroxyl groups is 1. The number of hydrogen-bond acceptors (Lipinski definition) is 4. The van der Waals surface area contributed by atoms with Gasteiger partial charge in [0.05, 0.1) is 12.3 Å². The molecule has 0 heterocycles. The number of carbonyl (C=O) groups is 2. The largest absolute Gasteiger partial charge is 0.457 e. The van der Waals surface area contributed by atoms with Gasteiger partial charge in [0.2, 0.25) is 0 Å². The van der Waals surface area contributed by atoms with Crippen LogP contribution in [0.4, 0.5) is 0 Å². The van der Waals surface area contributed by atoms with Crippen LogP contribution in [0, 0.1) is 17.3 Å². The Morgan fingerprint density at radius 2 is 1.96 bits per heavy atom. The molecule has 3 unspecified atom stereocenters. The predicted molar refractivity (Wildman–Crippen MR) is 100.0 cm³/mol. The Labute approximate surface area is 151 Å². The van der Waals surface area contributed by atoms with Crippen LogP contribution in [0.25, 0.3) is 0 Å². The molecular formula is C21H32O4. The normalized spacial score (nSPS) is 26.5. The Balaban J connectivity index is 0.000000970. The molecule has 2 aliphatic rings. The van der Waals surface area contributed by atoms with E-state index in [0.717, 1.165) is 11.1 Å². The van der Waals surface area contributed by atoms with E-state index in [0.29, 0.717) is 6.42 Å². The van der Waals surface area contributed by atoms with Gasteiger partial charge in [0.15, 0.2) is 5.78 Å². The van der Waals surface area contributed by atoms with E-state index in [4.69, 9.17) is 9.84 Å². The molecule has 0 aromatic heterocycles. The van der Waals surface area contributed by atoms with Gasteiger partial charge in [-0.05, 0) is 51.0 Å². The van der Waals surface area contributed by atoms with Crippen molar-refractivity contribution in [3.8, 4) is 0 Å². The quantitative estimate of drug-likeness (QED) is 0.602. The molecule has 25 heavy (non-hydrogen) atoms. The van der Waals surface area contributed by atoms with Crippen LogP contribution in [0.5, 0.6) is 0 Å². The lowest BCUT2D eigenvalue weighted by molar-refractivity contribution is -0.150. The van der Waals surface area contributed by atoms with Crippen molar-refractivity contribution in [1.82, 2.24) is 0 Å². The third-order valence-corrected chi connectivity index (χ3v) is 4.95. The summed E-state index contributed by atoms with van der Waals surface area (Å²) < 4.78 is 5.66. The van der Waals surface area contributed by atoms with Crippen molar-refractivity contribution in [2.75, 3.05) is 6.61 Å². The Morgan fingerprint density at radius 3 is 2.44 bits per heavy atom. The maximum absolute atomic E-state index is 12.5. The summed E-state index contributed by atoms with van der Waals surface area (Å²) in [6.45, 7) is 15.8. The molecule has 0 radical (unpaired) electrons. The van der Waals surface area contributed by atoms with Crippen LogP contribution in [0.15, 0.2) is 35.5 Å². The molecule has 0 saturated heterocycles. The van der Waals surface area contributed by atoms with Crippen molar-refractivity contribution in [2.24, 2.45) is 17.3 Å². The molecule has 4 nitrogen and oxygen atoms in total. The summed E-state index contributed by atoms with van der Waals surface area (Å²) in [5.41, 5.74) is 2.80. The number of carbonyl (C=O) groups excluding carboxylic acids is 2. The van der Waals surface area contributed by atoms with Gasteiger partial charge in [0.25, 0.3) is 0 Å². The maximum Gasteiger partial charge on any atom is 0.310 e. The molecule has 2 rings (SSSR count). The first-order valence-electron chi connectivity index (χ1n) is 8.91. The van der Waals surface area contributed by atoms with Crippen LogP contribution in [-0.2, 0) is 14.3 Å². The van der Waals surface area contributed by atoms with E-state index in [9.17, 15) is 9.59 Å². The van der Waals surface area contributed by atoms with Gasteiger partial charge >= 0.3 is 5.97 Å². The van der Waals surface area contributed by atoms with Crippen LogP contribution >= 0.6 is 0 Å². The zero-order valence-electron chi connectivity index (χ0n) is 16.4. The second-order valence-corrected chi connectivity index (χ2v) is 7.59. The number of esters is 1. The molecule has 3 atom stereocenters. The second-order valence-electron chi connectivity index (χ2n) is 7.59. The van der Waals surface area contributed by atoms with Crippen LogP contribution in [0.3, 0.4) is 0 Å². The van der Waals surface area contributed by atoms with Crippen molar-refractivity contribution in [3.63, 3.8) is 0 Å². The number of Topliss-reactive ketones (excluding diaryl/α,β-unsaturated/α-hetero) is 1. The lowest BCUT2D eigenvalue weighted by Crippen LogP contribution is -2.20. The molecule has 0 aliphatic heterocycles. The Hall–Kier alpha value is -1.68. The third-order valence-electron chi connectivity index (χ3n) is 4.95. The summed E-state index contributed by atoms with van der Waals surface area (Å²) in [5, 5.41) is 7.57. The van der Waals surface area contributed by atoms with E-state index in [1.807, 2.05) is 20.8 Å². The van der Waals surface area contributed by atoms with Gasteiger partial charge in [-0.2, -0.15) is 0 Å². The molecule has 0 aromatic rings. The number of rotatable bonds is 5. The predicted octanol–water partition coefficient (Wildman–Crippen LogP) is 4.00. The summed E-state index contributed by atoms with van der Waals surface area (Å²) in [5.74, 6) is 0.0309. The number of ketones is 1. The average molecular weight is 348 g/mol. The fourth-order valence-electron chi connectivity index (χ4n) is 3.42. The number of ether oxygens (including phenoxy) is 1. The van der Waals surface area contributed by atoms with Gasteiger partial charge in [0.1, 0.15) is 6.10 Å². The molecule has 0 aromatic carbocycles. The highest BCUT2D eigenvalue weighted by Crippen LogP contribution is 2.60. The first-order valence-corrected chi connectivity index (χ1v) is 8.91. The third kappa shape index (κ3) is 4.91. The molecule has 2 aliphatic carbocycles. The van der Waals surface area contributed by atoms with Crippen molar-refractivity contribution in [3.05, 3.63) is 35.5 Å². The summed E-state index contributed by atoms with van der Waals surface area (Å²) in [7, 11) is 0. The van der Waals surface area contributed by atoms with Gasteiger partial charge in [0, 0.05) is 12.2 Å². The first-order chi connectivity index (χ1) is 11.6. The highest BCUT2D eigenvalue weighted by molar-refractivity contribution is 6.00. The number of allylic oxidation sites excluding steroid dienone is 4. The van der Waals surface area contributed by atoms with Crippen LogP contribution < -0.4 is 0 Å². The van der Waals surface area contributed by atoms with Crippen LogP contribution in [-0.4, -0.2) is 29.6 Å². The van der Waals surface area contributed by atoms with Crippen molar-refractivity contribution in [1.29, 1.82) is 0 Å². The zero-order valence-corrected chi connectivity index (χ0v) is 16.4. The Morgan fingerprint density at radius 1 is 1.40 bits per heavy atom. The highest BCUT2D eigenvalue weighted by Gasteiger charge is 2.61. The highest BCUT2D eigenvalue weighted by atomic mass is 16.5. The van der Waals surface area contributed by atoms with Crippen LogP contribution in [0.2, 0.25) is 0 Å². The van der Waals surface area contributed by atoms with E-state index in [1.165, 1.54) is 5.57 Å². The molecular weight excluding hydrogens is 316 g/mol. The van der Waals surface area contributed by atoms with E-state index < -0.39 is 6.10 Å². The van der Waals surface area contributed by atoms with Gasteiger partial charge in [-0.25, -0.2) is 0 Å². The minimum Gasteiger partial charge on any atom is -0.457 e. The van der Waals surface area contributed by atoms with Gasteiger partial charge in [-0.15, -0.1) is 6.58 Å². The smallest absolute Gasteiger partial charge is 0.310 e. The molecule has 4 heteroatoms. The molecule has 140 valence electrons. The molecule has 0 amide bonds. The first kappa shape index (κ1) is 21.4. The summed E-state index contributed by atoms with van der Waals surface area (Å²) in [6.07, 6.45) is 4.31. The molecule has 1 N–H and O–H groups in total. The van der Waals surface area contributed by atoms with E-state index in [1.54, 1.807) is 13.0 Å². The van der Waals surface area contributed by atoms with Gasteiger partial charge in [-0.3, -0.25) is 9.59 Å². The van der Waals surface area contributed by atoms with E-state index >= 15 is 0 Å². The summed E-state index contributed by atoms with van der Waals surface area (Å²) in [6, 6.07) is 0. The van der Waals surface area contributed by atoms with E-state index in [-0.39, 0.29) is 42.0 Å². The fourth-order valence-corrected chi connectivity index (χ4v) is 3.42. The minimum absolute atomic E-state index is 0.0570.